The van der Waals surface area contributed by atoms with Gasteiger partial charge in [-0.15, -0.1) is 0 Å². The first-order valence-corrected chi connectivity index (χ1v) is 10.8. The van der Waals surface area contributed by atoms with E-state index in [4.69, 9.17) is 4.74 Å². The van der Waals surface area contributed by atoms with Crippen LogP contribution in [-0.2, 0) is 9.53 Å². The predicted octanol–water partition coefficient (Wildman–Crippen LogP) is 4.70. The molecule has 1 heterocycles. The Bertz CT molecular complexity index is 902. The van der Waals surface area contributed by atoms with Crippen LogP contribution >= 0.6 is 0 Å². The molecule has 5 nitrogen and oxygen atoms in total. The Kier molecular flexibility index (Phi) is 5.54. The number of hydrogen-bond donors (Lipinski definition) is 1. The normalized spacial score (nSPS) is 19.1. The van der Waals surface area contributed by atoms with E-state index in [2.05, 4.69) is 29.6 Å². The molecule has 1 saturated heterocycles. The Morgan fingerprint density at radius 1 is 1.03 bits per heavy atom. The molecule has 0 radical (unpaired) electrons. The van der Waals surface area contributed by atoms with Crippen molar-refractivity contribution in [3.05, 3.63) is 59.7 Å². The van der Waals surface area contributed by atoms with E-state index in [-0.39, 0.29) is 24.0 Å². The highest BCUT2D eigenvalue weighted by atomic mass is 16.5. The van der Waals surface area contributed by atoms with Crippen LogP contribution in [-0.4, -0.2) is 41.6 Å². The van der Waals surface area contributed by atoms with Crippen LogP contribution < -0.4 is 5.32 Å². The molecular formula is C25H30N2O3. The number of carbonyl (C=O) groups is 2. The maximum absolute atomic E-state index is 13.0. The Hall–Kier alpha value is -2.82. The van der Waals surface area contributed by atoms with E-state index in [1.165, 1.54) is 22.3 Å². The molecule has 4 rings (SSSR count). The molecule has 2 amide bonds. The van der Waals surface area contributed by atoms with E-state index in [9.17, 15) is 9.59 Å². The molecule has 2 aliphatic rings. The van der Waals surface area contributed by atoms with Crippen LogP contribution in [0.1, 0.15) is 57.1 Å². The zero-order valence-electron chi connectivity index (χ0n) is 18.0. The van der Waals surface area contributed by atoms with Gasteiger partial charge in [-0.2, -0.15) is 0 Å². The highest BCUT2D eigenvalue weighted by molar-refractivity contribution is 5.86. The topological polar surface area (TPSA) is 58.6 Å². The number of fused-ring (bicyclic) bond motifs is 3. The van der Waals surface area contributed by atoms with Crippen LogP contribution in [0, 0.1) is 0 Å². The van der Waals surface area contributed by atoms with E-state index >= 15 is 0 Å². The minimum absolute atomic E-state index is 0.0130. The summed E-state index contributed by atoms with van der Waals surface area (Å²) in [7, 11) is 0. The van der Waals surface area contributed by atoms with Crippen molar-refractivity contribution in [1.29, 1.82) is 0 Å². The minimum Gasteiger partial charge on any atom is -0.449 e. The van der Waals surface area contributed by atoms with E-state index in [0.29, 0.717) is 6.42 Å². The van der Waals surface area contributed by atoms with Crippen molar-refractivity contribution < 1.29 is 14.3 Å². The summed E-state index contributed by atoms with van der Waals surface area (Å²) in [5, 5.41) is 2.83. The fraction of sp³-hybridized carbons (Fsp3) is 0.440. The summed E-state index contributed by atoms with van der Waals surface area (Å²) in [6.07, 6.45) is 1.99. The lowest BCUT2D eigenvalue weighted by Crippen LogP contribution is -2.53. The van der Waals surface area contributed by atoms with Gasteiger partial charge in [0, 0.05) is 18.0 Å². The number of hydrogen-bond acceptors (Lipinski definition) is 3. The van der Waals surface area contributed by atoms with Gasteiger partial charge >= 0.3 is 6.09 Å². The monoisotopic (exact) mass is 406 g/mol. The summed E-state index contributed by atoms with van der Waals surface area (Å²) >= 11 is 0. The Morgan fingerprint density at radius 3 is 2.23 bits per heavy atom. The average Bonchev–Trinajstić information content (AvgIpc) is 2.91. The van der Waals surface area contributed by atoms with Crippen molar-refractivity contribution >= 4 is 12.0 Å². The van der Waals surface area contributed by atoms with E-state index in [0.717, 1.165) is 19.4 Å². The number of amides is 2. The van der Waals surface area contributed by atoms with Crippen LogP contribution in [0.4, 0.5) is 4.79 Å². The number of benzene rings is 2. The van der Waals surface area contributed by atoms with Gasteiger partial charge < -0.3 is 15.0 Å². The lowest BCUT2D eigenvalue weighted by Gasteiger charge is -2.36. The number of likely N-dealkylation sites (tertiary alicyclic amines) is 1. The fourth-order valence-corrected chi connectivity index (χ4v) is 4.62. The third-order valence-corrected chi connectivity index (χ3v) is 6.13. The summed E-state index contributed by atoms with van der Waals surface area (Å²) in [6, 6.07) is 16.0. The molecule has 2 aromatic carbocycles. The number of ether oxygens (including phenoxy) is 1. The summed E-state index contributed by atoms with van der Waals surface area (Å²) in [5.74, 6) is -0.00688. The highest BCUT2D eigenvalue weighted by Gasteiger charge is 2.35. The average molecular weight is 407 g/mol. The molecule has 0 saturated carbocycles. The maximum Gasteiger partial charge on any atom is 0.407 e. The first kappa shape index (κ1) is 20.5. The molecule has 0 spiro atoms. The van der Waals surface area contributed by atoms with Crippen LogP contribution in [0.15, 0.2) is 48.5 Å². The Labute approximate surface area is 178 Å². The number of rotatable bonds is 3. The van der Waals surface area contributed by atoms with Gasteiger partial charge in [0.05, 0.1) is 0 Å². The molecule has 1 aliphatic carbocycles. The second kappa shape index (κ2) is 8.13. The van der Waals surface area contributed by atoms with E-state index < -0.39 is 12.1 Å². The fourth-order valence-electron chi connectivity index (χ4n) is 4.62. The second-order valence-corrected chi connectivity index (χ2v) is 9.18. The molecule has 2 aromatic rings. The molecule has 158 valence electrons. The third-order valence-electron chi connectivity index (χ3n) is 6.13. The highest BCUT2D eigenvalue weighted by Crippen LogP contribution is 2.44. The van der Waals surface area contributed by atoms with Crippen molar-refractivity contribution in [1.82, 2.24) is 10.2 Å². The molecule has 0 unspecified atom stereocenters. The van der Waals surface area contributed by atoms with Gasteiger partial charge in [-0.25, -0.2) is 4.79 Å². The van der Waals surface area contributed by atoms with Crippen molar-refractivity contribution in [3.8, 4) is 11.1 Å². The number of nitrogens with one attached hydrogen (secondary N) is 1. The smallest absolute Gasteiger partial charge is 0.407 e. The van der Waals surface area contributed by atoms with Crippen LogP contribution in [0.25, 0.3) is 11.1 Å². The maximum atomic E-state index is 13.0. The van der Waals surface area contributed by atoms with Crippen LogP contribution in [0.5, 0.6) is 0 Å². The summed E-state index contributed by atoms with van der Waals surface area (Å²) in [6.45, 7) is 7.07. The molecular weight excluding hydrogens is 376 g/mol. The zero-order valence-corrected chi connectivity index (χ0v) is 18.0. The Balaban J connectivity index is 1.43. The summed E-state index contributed by atoms with van der Waals surface area (Å²) in [4.78, 5) is 27.4. The van der Waals surface area contributed by atoms with Crippen molar-refractivity contribution in [3.63, 3.8) is 0 Å². The van der Waals surface area contributed by atoms with Gasteiger partial charge in [0.1, 0.15) is 12.6 Å². The predicted molar refractivity (Wildman–Crippen MR) is 117 cm³/mol. The largest absolute Gasteiger partial charge is 0.449 e. The number of alkyl carbamates (subject to hydrolysis) is 1. The zero-order chi connectivity index (χ0) is 21.3. The second-order valence-electron chi connectivity index (χ2n) is 9.18. The third kappa shape index (κ3) is 3.93. The SMILES string of the molecule is CC(C)(C)N1CCCC[C@H](NC(=O)OCC2c3ccccc3-c3ccccc32)C1=O. The summed E-state index contributed by atoms with van der Waals surface area (Å²) < 4.78 is 5.63. The first-order chi connectivity index (χ1) is 14.4. The van der Waals surface area contributed by atoms with Gasteiger partial charge in [0.2, 0.25) is 5.91 Å². The van der Waals surface area contributed by atoms with Gasteiger partial charge in [-0.1, -0.05) is 48.5 Å². The molecule has 30 heavy (non-hydrogen) atoms. The minimum atomic E-state index is -0.526. The lowest BCUT2D eigenvalue weighted by atomic mass is 9.98. The van der Waals surface area contributed by atoms with Crippen molar-refractivity contribution in [2.45, 2.75) is 57.5 Å². The van der Waals surface area contributed by atoms with Crippen molar-refractivity contribution in [2.75, 3.05) is 13.2 Å². The number of nitrogens with zero attached hydrogens (tertiary/aromatic N) is 1. The molecule has 0 aromatic heterocycles. The first-order valence-electron chi connectivity index (χ1n) is 10.8. The van der Waals surface area contributed by atoms with Gasteiger partial charge in [0.15, 0.2) is 0 Å². The van der Waals surface area contributed by atoms with Crippen molar-refractivity contribution in [2.24, 2.45) is 0 Å². The Morgan fingerprint density at radius 2 is 1.63 bits per heavy atom. The molecule has 1 fully saturated rings. The lowest BCUT2D eigenvalue weighted by molar-refractivity contribution is -0.137. The van der Waals surface area contributed by atoms with Gasteiger partial charge in [0.25, 0.3) is 0 Å². The van der Waals surface area contributed by atoms with E-state index in [1.54, 1.807) is 0 Å². The van der Waals surface area contributed by atoms with Gasteiger partial charge in [-0.05, 0) is 62.3 Å². The van der Waals surface area contributed by atoms with Crippen LogP contribution in [0.3, 0.4) is 0 Å². The summed E-state index contributed by atoms with van der Waals surface area (Å²) in [5.41, 5.74) is 4.48. The molecule has 1 aliphatic heterocycles. The van der Waals surface area contributed by atoms with Gasteiger partial charge in [-0.3, -0.25) is 4.79 Å². The molecule has 1 N–H and O–H groups in total. The molecule has 5 heteroatoms. The quantitative estimate of drug-likeness (QED) is 0.803. The van der Waals surface area contributed by atoms with E-state index in [1.807, 2.05) is 49.9 Å². The molecule has 1 atom stereocenters. The standard InChI is InChI=1S/C25H30N2O3/c1-25(2,3)27-15-9-8-14-22(23(27)28)26-24(29)30-16-21-19-12-6-4-10-17(19)18-11-5-7-13-20(18)21/h4-7,10-13,21-22H,8-9,14-16H2,1-3H3,(H,26,29)/t22-/m0/s1. The number of carbonyl (C=O) groups excluding carboxylic acids is 2. The molecule has 0 bridgehead atoms. The van der Waals surface area contributed by atoms with Crippen LogP contribution in [0.2, 0.25) is 0 Å².